The largest absolute Gasteiger partial charge is 0.401 e. The molecule has 1 heterocycles. The lowest BCUT2D eigenvalue weighted by Gasteiger charge is -2.39. The Morgan fingerprint density at radius 1 is 1.39 bits per heavy atom. The highest BCUT2D eigenvalue weighted by molar-refractivity contribution is 8.14. The van der Waals surface area contributed by atoms with E-state index in [0.29, 0.717) is 5.25 Å². The van der Waals surface area contributed by atoms with Gasteiger partial charge in [0.25, 0.3) is 0 Å². The first-order valence-corrected chi connectivity index (χ1v) is 10.4. The van der Waals surface area contributed by atoms with E-state index in [-0.39, 0.29) is 16.4 Å². The molecule has 5 heteroatoms. The summed E-state index contributed by atoms with van der Waals surface area (Å²) in [5.41, 5.74) is 0. The van der Waals surface area contributed by atoms with Crippen LogP contribution in [0.4, 0.5) is 0 Å². The van der Waals surface area contributed by atoms with E-state index in [1.165, 1.54) is 11.8 Å². The van der Waals surface area contributed by atoms with Crippen molar-refractivity contribution < 1.29 is 9.22 Å². The van der Waals surface area contributed by atoms with E-state index in [9.17, 15) is 4.79 Å². The highest BCUT2D eigenvalue weighted by atomic mass is 32.2. The van der Waals surface area contributed by atoms with Gasteiger partial charge in [-0.25, -0.2) is 0 Å². The Kier molecular flexibility index (Phi) is 5.09. The number of nitrogens with zero attached hydrogens (tertiary/aromatic N) is 1. The third kappa shape index (κ3) is 4.08. The number of likely N-dealkylation sites (tertiary alicyclic amines) is 1. The van der Waals surface area contributed by atoms with Crippen LogP contribution in [-0.2, 0) is 9.22 Å². The minimum absolute atomic E-state index is 0.183. The summed E-state index contributed by atoms with van der Waals surface area (Å²) in [7, 11) is 0.379. The van der Waals surface area contributed by atoms with Crippen LogP contribution in [0.1, 0.15) is 34.1 Å². The minimum atomic E-state index is -1.72. The van der Waals surface area contributed by atoms with Gasteiger partial charge in [-0.2, -0.15) is 0 Å². The zero-order chi connectivity index (χ0) is 14.1. The fourth-order valence-corrected chi connectivity index (χ4v) is 4.24. The van der Waals surface area contributed by atoms with Gasteiger partial charge < -0.3 is 4.43 Å². The SMILES string of the molecule is CC(=O)SC1CC(O[Si](C)(C)C(C)(C)C)N(C)C1. The molecule has 0 aromatic carbocycles. The molecule has 1 fully saturated rings. The normalized spacial score (nSPS) is 26.6. The summed E-state index contributed by atoms with van der Waals surface area (Å²) in [6, 6.07) is 0. The van der Waals surface area contributed by atoms with Crippen molar-refractivity contribution in [3.8, 4) is 0 Å². The summed E-state index contributed by atoms with van der Waals surface area (Å²) in [6.07, 6.45) is 1.15. The molecule has 1 aliphatic heterocycles. The second kappa shape index (κ2) is 5.65. The molecule has 1 rings (SSSR count). The molecule has 18 heavy (non-hydrogen) atoms. The molecule has 0 aromatic heterocycles. The average molecular weight is 290 g/mol. The monoisotopic (exact) mass is 289 g/mol. The Morgan fingerprint density at radius 2 is 1.94 bits per heavy atom. The molecule has 0 amide bonds. The van der Waals surface area contributed by atoms with Crippen LogP contribution in [0.25, 0.3) is 0 Å². The first kappa shape index (κ1) is 16.2. The molecule has 0 N–H and O–H groups in total. The van der Waals surface area contributed by atoms with Gasteiger partial charge >= 0.3 is 0 Å². The lowest BCUT2D eigenvalue weighted by Crippen LogP contribution is -2.46. The molecule has 0 saturated carbocycles. The molecular formula is C13H27NO2SSi. The Balaban J connectivity index is 2.61. The molecule has 3 nitrogen and oxygen atoms in total. The van der Waals surface area contributed by atoms with Crippen LogP contribution in [0.2, 0.25) is 18.1 Å². The van der Waals surface area contributed by atoms with Gasteiger partial charge in [0.15, 0.2) is 13.4 Å². The van der Waals surface area contributed by atoms with E-state index >= 15 is 0 Å². The molecule has 0 bridgehead atoms. The van der Waals surface area contributed by atoms with Crippen LogP contribution < -0.4 is 0 Å². The maximum atomic E-state index is 11.2. The molecule has 2 atom stereocenters. The molecule has 1 saturated heterocycles. The fourth-order valence-electron chi connectivity index (χ4n) is 1.89. The molecule has 106 valence electrons. The van der Waals surface area contributed by atoms with Gasteiger partial charge in [-0.1, -0.05) is 32.5 Å². The molecule has 1 aliphatic rings. The highest BCUT2D eigenvalue weighted by Crippen LogP contribution is 2.39. The van der Waals surface area contributed by atoms with E-state index in [0.717, 1.165) is 13.0 Å². The number of hydrogen-bond donors (Lipinski definition) is 0. The fraction of sp³-hybridized carbons (Fsp3) is 0.923. The van der Waals surface area contributed by atoms with Crippen molar-refractivity contribution in [1.82, 2.24) is 4.90 Å². The number of thioether (sulfide) groups is 1. The van der Waals surface area contributed by atoms with Crippen LogP contribution in [0, 0.1) is 0 Å². The van der Waals surface area contributed by atoms with Gasteiger partial charge in [-0.15, -0.1) is 0 Å². The predicted molar refractivity (Wildman–Crippen MR) is 81.4 cm³/mol. The van der Waals surface area contributed by atoms with Crippen molar-refractivity contribution in [2.75, 3.05) is 13.6 Å². The van der Waals surface area contributed by atoms with Gasteiger partial charge in [0.1, 0.15) is 6.23 Å². The second-order valence-electron chi connectivity index (χ2n) is 6.74. The van der Waals surface area contributed by atoms with Gasteiger partial charge in [0.05, 0.1) is 0 Å². The van der Waals surface area contributed by atoms with E-state index in [1.54, 1.807) is 6.92 Å². The molecule has 0 aliphatic carbocycles. The van der Waals surface area contributed by atoms with Crippen LogP contribution in [-0.4, -0.2) is 43.4 Å². The third-order valence-corrected chi connectivity index (χ3v) is 9.50. The maximum Gasteiger partial charge on any atom is 0.194 e. The molecule has 0 aromatic rings. The Morgan fingerprint density at radius 3 is 2.39 bits per heavy atom. The Bertz CT molecular complexity index is 315. The van der Waals surface area contributed by atoms with Crippen LogP contribution in [0.5, 0.6) is 0 Å². The van der Waals surface area contributed by atoms with E-state index in [4.69, 9.17) is 4.43 Å². The van der Waals surface area contributed by atoms with Crippen molar-refractivity contribution in [1.29, 1.82) is 0 Å². The topological polar surface area (TPSA) is 29.5 Å². The Labute approximate surface area is 117 Å². The molecule has 0 radical (unpaired) electrons. The standard InChI is InChI=1S/C13H27NO2SSi/c1-10(15)17-11-8-12(14(5)9-11)16-18(6,7)13(2,3)4/h11-12H,8-9H2,1-7H3. The quantitative estimate of drug-likeness (QED) is 0.746. The summed E-state index contributed by atoms with van der Waals surface area (Å²) in [6.45, 7) is 13.9. The van der Waals surface area contributed by atoms with Crippen molar-refractivity contribution >= 4 is 25.2 Å². The summed E-state index contributed by atoms with van der Waals surface area (Å²) < 4.78 is 6.43. The Hall–Kier alpha value is 0.157. The minimum Gasteiger partial charge on any atom is -0.401 e. The maximum absolute atomic E-state index is 11.2. The van der Waals surface area contributed by atoms with E-state index in [1.807, 2.05) is 0 Å². The summed E-state index contributed by atoms with van der Waals surface area (Å²) in [5, 5.41) is 0.836. The zero-order valence-corrected chi connectivity index (χ0v) is 14.6. The first-order valence-electron chi connectivity index (χ1n) is 6.58. The third-order valence-electron chi connectivity index (χ3n) is 4.02. The smallest absolute Gasteiger partial charge is 0.194 e. The summed E-state index contributed by atoms with van der Waals surface area (Å²) in [4.78, 5) is 13.4. The number of carbonyl (C=O) groups excluding carboxylic acids is 1. The van der Waals surface area contributed by atoms with Crippen molar-refractivity contribution in [2.24, 2.45) is 0 Å². The number of hydrogen-bond acceptors (Lipinski definition) is 4. The summed E-state index contributed by atoms with van der Waals surface area (Å²) in [5.74, 6) is 0. The second-order valence-corrected chi connectivity index (χ2v) is 13.0. The lowest BCUT2D eigenvalue weighted by atomic mass is 10.2. The summed E-state index contributed by atoms with van der Waals surface area (Å²) >= 11 is 1.46. The van der Waals surface area contributed by atoms with Crippen LogP contribution >= 0.6 is 11.8 Å². The van der Waals surface area contributed by atoms with Crippen LogP contribution in [0.3, 0.4) is 0 Å². The average Bonchev–Trinajstić information content (AvgIpc) is 2.42. The van der Waals surface area contributed by atoms with Crippen molar-refractivity contribution in [2.45, 2.75) is 63.7 Å². The van der Waals surface area contributed by atoms with E-state index < -0.39 is 8.32 Å². The number of rotatable bonds is 3. The van der Waals surface area contributed by atoms with Gasteiger partial charge in [-0.05, 0) is 31.6 Å². The van der Waals surface area contributed by atoms with Gasteiger partial charge in [-0.3, -0.25) is 9.69 Å². The van der Waals surface area contributed by atoms with E-state index in [2.05, 4.69) is 45.8 Å². The van der Waals surface area contributed by atoms with Crippen molar-refractivity contribution in [3.63, 3.8) is 0 Å². The number of carbonyl (C=O) groups is 1. The first-order chi connectivity index (χ1) is 8.03. The van der Waals surface area contributed by atoms with Gasteiger partial charge in [0.2, 0.25) is 0 Å². The van der Waals surface area contributed by atoms with Crippen molar-refractivity contribution in [3.05, 3.63) is 0 Å². The predicted octanol–water partition coefficient (Wildman–Crippen LogP) is 3.32. The molecular weight excluding hydrogens is 262 g/mol. The highest BCUT2D eigenvalue weighted by Gasteiger charge is 2.42. The zero-order valence-electron chi connectivity index (χ0n) is 12.7. The lowest BCUT2D eigenvalue weighted by molar-refractivity contribution is -0.109. The molecule has 0 spiro atoms. The van der Waals surface area contributed by atoms with Gasteiger partial charge in [0, 0.05) is 18.7 Å². The van der Waals surface area contributed by atoms with Crippen LogP contribution in [0.15, 0.2) is 0 Å². The molecule has 2 unspecified atom stereocenters.